The van der Waals surface area contributed by atoms with Crippen LogP contribution >= 0.6 is 24.0 Å². The Balaban J connectivity index is 0.00000400. The lowest BCUT2D eigenvalue weighted by molar-refractivity contribution is -0.139. The van der Waals surface area contributed by atoms with Crippen molar-refractivity contribution in [1.29, 1.82) is 0 Å². The fraction of sp³-hybridized carbons (Fsp3) is 0.724. The van der Waals surface area contributed by atoms with Gasteiger partial charge in [-0.1, -0.05) is 43.0 Å². The minimum atomic E-state index is -0.309. The van der Waals surface area contributed by atoms with Gasteiger partial charge in [0.15, 0.2) is 0 Å². The van der Waals surface area contributed by atoms with Crippen molar-refractivity contribution in [3.05, 3.63) is 34.9 Å². The van der Waals surface area contributed by atoms with Gasteiger partial charge in [0.1, 0.15) is 0 Å². The topological polar surface area (TPSA) is 81.9 Å². The highest BCUT2D eigenvalue weighted by Gasteiger charge is 2.48. The van der Waals surface area contributed by atoms with Crippen molar-refractivity contribution in [3.8, 4) is 0 Å². The van der Waals surface area contributed by atoms with E-state index >= 15 is 0 Å². The molecule has 2 heterocycles. The molecular formula is C29H47Cl2N5O2. The SMILES string of the molecule is CCN(CC)C(=O)N(C1CCCCC1)C1CC2CCC(C1)N2C(=O)[C@@H](Cc1ccc(Cl)cc1)NCCN.Cl. The molecule has 3 aliphatic rings. The van der Waals surface area contributed by atoms with Gasteiger partial charge in [0.25, 0.3) is 0 Å². The van der Waals surface area contributed by atoms with Gasteiger partial charge in [-0.15, -0.1) is 12.4 Å². The van der Waals surface area contributed by atoms with E-state index < -0.39 is 0 Å². The molecule has 38 heavy (non-hydrogen) atoms. The van der Waals surface area contributed by atoms with Crippen LogP contribution in [-0.2, 0) is 11.2 Å². The number of amides is 3. The van der Waals surface area contributed by atoms with E-state index in [9.17, 15) is 9.59 Å². The molecule has 7 nitrogen and oxygen atoms in total. The van der Waals surface area contributed by atoms with Crippen LogP contribution in [0.15, 0.2) is 24.3 Å². The van der Waals surface area contributed by atoms with Gasteiger partial charge in [0.05, 0.1) is 6.04 Å². The summed E-state index contributed by atoms with van der Waals surface area (Å²) in [7, 11) is 0. The fourth-order valence-corrected chi connectivity index (χ4v) is 7.03. The summed E-state index contributed by atoms with van der Waals surface area (Å²) in [6.07, 6.45) is 10.3. The van der Waals surface area contributed by atoms with E-state index in [1.165, 1.54) is 19.3 Å². The van der Waals surface area contributed by atoms with Crippen molar-refractivity contribution < 1.29 is 9.59 Å². The van der Waals surface area contributed by atoms with E-state index in [1.54, 1.807) is 0 Å². The maximum absolute atomic E-state index is 14.0. The molecule has 1 aliphatic carbocycles. The predicted molar refractivity (Wildman–Crippen MR) is 157 cm³/mol. The molecule has 1 aromatic rings. The first-order valence-electron chi connectivity index (χ1n) is 14.5. The summed E-state index contributed by atoms with van der Waals surface area (Å²) in [5, 5.41) is 4.11. The van der Waals surface area contributed by atoms with E-state index in [4.69, 9.17) is 17.3 Å². The van der Waals surface area contributed by atoms with Crippen LogP contribution in [0.5, 0.6) is 0 Å². The third kappa shape index (κ3) is 7.15. The van der Waals surface area contributed by atoms with E-state index in [0.29, 0.717) is 30.6 Å². The third-order valence-electron chi connectivity index (χ3n) is 8.77. The summed E-state index contributed by atoms with van der Waals surface area (Å²) in [6, 6.07) is 8.57. The Labute approximate surface area is 240 Å². The normalized spacial score (nSPS) is 24.0. The molecule has 3 amide bonds. The van der Waals surface area contributed by atoms with Crippen molar-refractivity contribution in [3.63, 3.8) is 0 Å². The number of carbonyl (C=O) groups excluding carboxylic acids is 2. The molecule has 0 spiro atoms. The number of fused-ring (bicyclic) bond motifs is 2. The number of nitrogens with zero attached hydrogens (tertiary/aromatic N) is 3. The molecular weight excluding hydrogens is 521 g/mol. The molecule has 0 radical (unpaired) electrons. The van der Waals surface area contributed by atoms with E-state index in [2.05, 4.69) is 29.0 Å². The molecule has 0 aromatic heterocycles. The predicted octanol–water partition coefficient (Wildman–Crippen LogP) is 4.84. The zero-order valence-corrected chi connectivity index (χ0v) is 24.7. The first kappa shape index (κ1) is 31.0. The molecule has 3 fully saturated rings. The third-order valence-corrected chi connectivity index (χ3v) is 9.02. The number of rotatable bonds is 10. The number of halogens is 2. The summed E-state index contributed by atoms with van der Waals surface area (Å²) in [6.45, 7) is 6.71. The summed E-state index contributed by atoms with van der Waals surface area (Å²) in [5.41, 5.74) is 6.87. The average Bonchev–Trinajstić information content (AvgIpc) is 3.18. The standard InChI is InChI=1S/C29H46ClN5O2.ClH/c1-3-33(4-2)29(37)35(23-8-6-5-7-9-23)26-19-24-14-15-25(20-26)34(24)28(36)27(32-17-16-31)18-21-10-12-22(30)13-11-21;/h10-13,23-27,32H,3-9,14-20,31H2,1-2H3;1H/t24?,25?,26?,27-;/m1./s1. The highest BCUT2D eigenvalue weighted by molar-refractivity contribution is 6.30. The van der Waals surface area contributed by atoms with E-state index in [-0.39, 0.29) is 48.5 Å². The maximum Gasteiger partial charge on any atom is 0.320 e. The van der Waals surface area contributed by atoms with Gasteiger partial charge in [-0.3, -0.25) is 4.79 Å². The molecule has 2 aliphatic heterocycles. The van der Waals surface area contributed by atoms with E-state index in [1.807, 2.05) is 29.2 Å². The van der Waals surface area contributed by atoms with Gasteiger partial charge >= 0.3 is 6.03 Å². The van der Waals surface area contributed by atoms with Crippen molar-refractivity contribution in [2.75, 3.05) is 26.2 Å². The van der Waals surface area contributed by atoms with Crippen LogP contribution in [-0.4, -0.2) is 83.0 Å². The Morgan fingerprint density at radius 3 is 2.16 bits per heavy atom. The molecule has 3 atom stereocenters. The molecule has 2 bridgehead atoms. The van der Waals surface area contributed by atoms with Gasteiger partial charge in [0.2, 0.25) is 5.91 Å². The molecule has 1 aromatic carbocycles. The van der Waals surface area contributed by atoms with Gasteiger partial charge < -0.3 is 25.8 Å². The second-order valence-corrected chi connectivity index (χ2v) is 11.5. The first-order chi connectivity index (χ1) is 18.0. The number of carbonyl (C=O) groups is 2. The van der Waals surface area contributed by atoms with Gasteiger partial charge in [-0.25, -0.2) is 4.79 Å². The van der Waals surface area contributed by atoms with Crippen LogP contribution < -0.4 is 11.1 Å². The lowest BCUT2D eigenvalue weighted by Gasteiger charge is -2.48. The summed E-state index contributed by atoms with van der Waals surface area (Å²) < 4.78 is 0. The Morgan fingerprint density at radius 2 is 1.61 bits per heavy atom. The number of urea groups is 1. The maximum atomic E-state index is 14.0. The molecule has 2 saturated heterocycles. The highest BCUT2D eigenvalue weighted by Crippen LogP contribution is 2.40. The lowest BCUT2D eigenvalue weighted by atomic mass is 9.89. The molecule has 214 valence electrons. The number of nitrogens with two attached hydrogens (primary N) is 1. The highest BCUT2D eigenvalue weighted by atomic mass is 35.5. The van der Waals surface area contributed by atoms with Crippen LogP contribution in [0.3, 0.4) is 0 Å². The average molecular weight is 569 g/mol. The quantitative estimate of drug-likeness (QED) is 0.423. The molecule has 1 saturated carbocycles. The Morgan fingerprint density at radius 1 is 1.00 bits per heavy atom. The smallest absolute Gasteiger partial charge is 0.320 e. The van der Waals surface area contributed by atoms with Gasteiger partial charge in [-0.2, -0.15) is 0 Å². The van der Waals surface area contributed by atoms with Crippen LogP contribution in [0, 0.1) is 0 Å². The number of benzene rings is 1. The lowest BCUT2D eigenvalue weighted by Crippen LogP contribution is -2.61. The Hall–Kier alpha value is -1.54. The van der Waals surface area contributed by atoms with Gasteiger partial charge in [0, 0.05) is 55.4 Å². The van der Waals surface area contributed by atoms with E-state index in [0.717, 1.165) is 57.2 Å². The fourth-order valence-electron chi connectivity index (χ4n) is 6.90. The van der Waals surface area contributed by atoms with Crippen LogP contribution in [0.2, 0.25) is 5.02 Å². The summed E-state index contributed by atoms with van der Waals surface area (Å²) >= 11 is 6.08. The van der Waals surface area contributed by atoms with Crippen molar-refractivity contribution in [1.82, 2.24) is 20.0 Å². The molecule has 4 rings (SSSR count). The largest absolute Gasteiger partial charge is 0.335 e. The second kappa shape index (κ2) is 14.7. The zero-order chi connectivity index (χ0) is 26.4. The minimum absolute atomic E-state index is 0. The van der Waals surface area contributed by atoms with Gasteiger partial charge in [-0.05, 0) is 76.5 Å². The van der Waals surface area contributed by atoms with Crippen molar-refractivity contribution in [2.24, 2.45) is 5.73 Å². The number of hydrogen-bond acceptors (Lipinski definition) is 4. The first-order valence-corrected chi connectivity index (χ1v) is 14.9. The van der Waals surface area contributed by atoms with Crippen LogP contribution in [0.4, 0.5) is 4.79 Å². The summed E-state index contributed by atoms with van der Waals surface area (Å²) in [4.78, 5) is 34.1. The number of nitrogens with one attached hydrogen (secondary N) is 1. The Bertz CT molecular complexity index is 877. The monoisotopic (exact) mass is 567 g/mol. The van der Waals surface area contributed by atoms with Crippen molar-refractivity contribution in [2.45, 2.75) is 108 Å². The van der Waals surface area contributed by atoms with Crippen molar-refractivity contribution >= 4 is 35.9 Å². The number of piperidine rings is 1. The molecule has 9 heteroatoms. The number of hydrogen-bond donors (Lipinski definition) is 2. The molecule has 3 N–H and O–H groups in total. The van der Waals surface area contributed by atoms with Crippen LogP contribution in [0.1, 0.15) is 77.2 Å². The summed E-state index contributed by atoms with van der Waals surface area (Å²) in [5.74, 6) is 0.175. The molecule has 2 unspecified atom stereocenters. The second-order valence-electron chi connectivity index (χ2n) is 11.0. The van der Waals surface area contributed by atoms with Crippen LogP contribution in [0.25, 0.3) is 0 Å². The zero-order valence-electron chi connectivity index (χ0n) is 23.1. The minimum Gasteiger partial charge on any atom is -0.335 e. The Kier molecular flexibility index (Phi) is 12.0.